The lowest BCUT2D eigenvalue weighted by Gasteiger charge is -2.29. The highest BCUT2D eigenvalue weighted by Crippen LogP contribution is 2.33. The van der Waals surface area contributed by atoms with Crippen molar-refractivity contribution in [1.29, 1.82) is 0 Å². The van der Waals surface area contributed by atoms with Crippen LogP contribution in [0.25, 0.3) is 0 Å². The minimum Gasteiger partial charge on any atom is -0.493 e. The summed E-state index contributed by atoms with van der Waals surface area (Å²) >= 11 is 5.77. The summed E-state index contributed by atoms with van der Waals surface area (Å²) in [7, 11) is -0.850. The second-order valence-corrected chi connectivity index (χ2v) is 9.60. The van der Waals surface area contributed by atoms with Gasteiger partial charge in [0.1, 0.15) is 6.04 Å². The van der Waals surface area contributed by atoms with Crippen LogP contribution in [-0.4, -0.2) is 58.6 Å². The number of hydrogen-bond donors (Lipinski definition) is 1. The van der Waals surface area contributed by atoms with E-state index < -0.39 is 28.6 Å². The molecule has 2 aromatic rings. The lowest BCUT2D eigenvalue weighted by molar-refractivity contribution is -0.153. The van der Waals surface area contributed by atoms with Gasteiger partial charge in [0.2, 0.25) is 10.0 Å². The Morgan fingerprint density at radius 2 is 1.70 bits per heavy atom. The zero-order valence-corrected chi connectivity index (χ0v) is 20.0. The first-order valence-electron chi connectivity index (χ1n) is 10.1. The molecule has 0 aliphatic carbocycles. The van der Waals surface area contributed by atoms with E-state index in [1.807, 2.05) is 12.1 Å². The van der Waals surface area contributed by atoms with Crippen LogP contribution in [0.2, 0.25) is 5.02 Å². The Morgan fingerprint density at radius 1 is 1.09 bits per heavy atom. The van der Waals surface area contributed by atoms with Gasteiger partial charge in [-0.25, -0.2) is 8.42 Å². The molecule has 0 bridgehead atoms. The minimum absolute atomic E-state index is 0.0401. The number of amides is 1. The van der Waals surface area contributed by atoms with Gasteiger partial charge in [0.15, 0.2) is 18.1 Å². The number of nitrogens with one attached hydrogen (secondary N) is 1. The van der Waals surface area contributed by atoms with Crippen LogP contribution in [0.3, 0.4) is 0 Å². The van der Waals surface area contributed by atoms with Crippen molar-refractivity contribution in [2.45, 2.75) is 30.8 Å². The van der Waals surface area contributed by atoms with Gasteiger partial charge < -0.3 is 19.1 Å². The highest BCUT2D eigenvalue weighted by Gasteiger charge is 2.26. The molecule has 33 heavy (non-hydrogen) atoms. The molecule has 0 radical (unpaired) electrons. The third kappa shape index (κ3) is 5.95. The molecule has 0 spiro atoms. The van der Waals surface area contributed by atoms with Crippen LogP contribution < -0.4 is 14.2 Å². The normalized spacial score (nSPS) is 14.2. The average Bonchev–Trinajstić information content (AvgIpc) is 2.80. The molecule has 178 valence electrons. The maximum absolute atomic E-state index is 12.6. The molecule has 1 heterocycles. The Hall–Kier alpha value is -2.82. The lowest BCUT2D eigenvalue weighted by Crippen LogP contribution is -2.42. The number of nitrogens with zero attached hydrogens (tertiary/aromatic N) is 1. The molecule has 1 aliphatic rings. The summed E-state index contributed by atoms with van der Waals surface area (Å²) in [6.07, 6.45) is 0.618. The van der Waals surface area contributed by atoms with Crippen LogP contribution >= 0.6 is 11.6 Å². The van der Waals surface area contributed by atoms with Crippen LogP contribution in [0.4, 0.5) is 0 Å². The fourth-order valence-electron chi connectivity index (χ4n) is 3.41. The van der Waals surface area contributed by atoms with Gasteiger partial charge in [0.05, 0.1) is 19.1 Å². The summed E-state index contributed by atoms with van der Waals surface area (Å²) in [5.41, 5.74) is 1.97. The number of rotatable bonds is 8. The molecule has 2 aromatic carbocycles. The summed E-state index contributed by atoms with van der Waals surface area (Å²) in [6, 6.07) is 8.05. The summed E-state index contributed by atoms with van der Waals surface area (Å²) in [5, 5.41) is 0.387. The summed E-state index contributed by atoms with van der Waals surface area (Å²) in [6.45, 7) is 1.65. The summed E-state index contributed by atoms with van der Waals surface area (Å²) < 4.78 is 42.7. The number of benzene rings is 2. The number of esters is 1. The van der Waals surface area contributed by atoms with Crippen molar-refractivity contribution in [3.05, 3.63) is 52.5 Å². The number of halogens is 1. The van der Waals surface area contributed by atoms with Crippen LogP contribution in [-0.2, 0) is 37.3 Å². The van der Waals surface area contributed by atoms with Crippen molar-refractivity contribution in [3.63, 3.8) is 0 Å². The van der Waals surface area contributed by atoms with Crippen LogP contribution in [0.15, 0.2) is 41.3 Å². The van der Waals surface area contributed by atoms with Gasteiger partial charge in [0, 0.05) is 18.1 Å². The fraction of sp³-hybridized carbons (Fsp3) is 0.364. The van der Waals surface area contributed by atoms with E-state index in [1.54, 1.807) is 12.0 Å². The SMILES string of the molecule is COc1cc2c(cc1OC)CN(C(=O)COC(=O)[C@H](C)NS(=O)(=O)c1ccc(Cl)cc1)CC2. The van der Waals surface area contributed by atoms with Crippen molar-refractivity contribution in [2.24, 2.45) is 0 Å². The second kappa shape index (κ2) is 10.4. The van der Waals surface area contributed by atoms with E-state index in [-0.39, 0.29) is 10.8 Å². The van der Waals surface area contributed by atoms with Crippen LogP contribution in [0.1, 0.15) is 18.1 Å². The third-order valence-corrected chi connectivity index (χ3v) is 7.03. The van der Waals surface area contributed by atoms with E-state index in [4.69, 9.17) is 25.8 Å². The summed E-state index contributed by atoms with van der Waals surface area (Å²) in [5.74, 6) is -0.0417. The van der Waals surface area contributed by atoms with Crippen molar-refractivity contribution >= 4 is 33.5 Å². The van der Waals surface area contributed by atoms with Gasteiger partial charge in [-0.15, -0.1) is 0 Å². The first-order valence-corrected chi connectivity index (χ1v) is 12.0. The van der Waals surface area contributed by atoms with E-state index in [1.165, 1.54) is 38.3 Å². The average molecular weight is 497 g/mol. The Kier molecular flexibility index (Phi) is 7.83. The maximum atomic E-state index is 12.6. The maximum Gasteiger partial charge on any atom is 0.324 e. The van der Waals surface area contributed by atoms with Gasteiger partial charge >= 0.3 is 5.97 Å². The molecule has 9 nitrogen and oxygen atoms in total. The van der Waals surface area contributed by atoms with Crippen molar-refractivity contribution < 1.29 is 32.2 Å². The van der Waals surface area contributed by atoms with Gasteiger partial charge in [-0.1, -0.05) is 11.6 Å². The molecule has 0 fully saturated rings. The van der Waals surface area contributed by atoms with E-state index in [2.05, 4.69) is 4.72 Å². The molecule has 0 saturated heterocycles. The lowest BCUT2D eigenvalue weighted by atomic mass is 9.99. The predicted molar refractivity (Wildman–Crippen MR) is 121 cm³/mol. The Bertz CT molecular complexity index is 1140. The number of carbonyl (C=O) groups is 2. The van der Waals surface area contributed by atoms with E-state index in [0.29, 0.717) is 36.0 Å². The molecule has 1 amide bonds. The smallest absolute Gasteiger partial charge is 0.324 e. The number of ether oxygens (including phenoxy) is 3. The minimum atomic E-state index is -3.95. The standard InChI is InChI=1S/C22H25ClN2O7S/c1-14(24-33(28,29)18-6-4-17(23)5-7-18)22(27)32-13-21(26)25-9-8-15-10-19(30-2)20(31-3)11-16(15)12-25/h4-7,10-11,14,24H,8-9,12-13H2,1-3H3/t14-/m0/s1. The molecular weight excluding hydrogens is 472 g/mol. The first-order chi connectivity index (χ1) is 15.6. The van der Waals surface area contributed by atoms with Crippen molar-refractivity contribution in [3.8, 4) is 11.5 Å². The number of sulfonamides is 1. The largest absolute Gasteiger partial charge is 0.493 e. The van der Waals surface area contributed by atoms with Crippen molar-refractivity contribution in [1.82, 2.24) is 9.62 Å². The highest BCUT2D eigenvalue weighted by atomic mass is 35.5. The zero-order chi connectivity index (χ0) is 24.2. The fourth-order valence-corrected chi connectivity index (χ4v) is 4.73. The van der Waals surface area contributed by atoms with Gasteiger partial charge in [0.25, 0.3) is 5.91 Å². The monoisotopic (exact) mass is 496 g/mol. The summed E-state index contributed by atoms with van der Waals surface area (Å²) in [4.78, 5) is 26.4. The highest BCUT2D eigenvalue weighted by molar-refractivity contribution is 7.89. The molecular formula is C22H25ClN2O7S. The van der Waals surface area contributed by atoms with Crippen molar-refractivity contribution in [2.75, 3.05) is 27.4 Å². The van der Waals surface area contributed by atoms with E-state index in [0.717, 1.165) is 11.1 Å². The molecule has 1 atom stereocenters. The topological polar surface area (TPSA) is 111 Å². The zero-order valence-electron chi connectivity index (χ0n) is 18.5. The number of carbonyl (C=O) groups excluding carboxylic acids is 2. The molecule has 3 rings (SSSR count). The quantitative estimate of drug-likeness (QED) is 0.557. The van der Waals surface area contributed by atoms with Gasteiger partial charge in [-0.2, -0.15) is 4.72 Å². The van der Waals surface area contributed by atoms with Crippen LogP contribution in [0.5, 0.6) is 11.5 Å². The number of hydrogen-bond acceptors (Lipinski definition) is 7. The third-order valence-electron chi connectivity index (χ3n) is 5.22. The molecule has 0 aromatic heterocycles. The van der Waals surface area contributed by atoms with E-state index in [9.17, 15) is 18.0 Å². The van der Waals surface area contributed by atoms with Crippen LogP contribution in [0, 0.1) is 0 Å². The van der Waals surface area contributed by atoms with Gasteiger partial charge in [-0.3, -0.25) is 9.59 Å². The Morgan fingerprint density at radius 3 is 2.30 bits per heavy atom. The number of methoxy groups -OCH3 is 2. The molecule has 11 heteroatoms. The molecule has 1 aliphatic heterocycles. The molecule has 1 N–H and O–H groups in total. The Balaban J connectivity index is 1.56. The molecule has 0 saturated carbocycles. The molecule has 0 unspecified atom stereocenters. The number of fused-ring (bicyclic) bond motifs is 1. The second-order valence-electron chi connectivity index (χ2n) is 7.45. The predicted octanol–water partition coefficient (Wildman–Crippen LogP) is 2.15. The Labute approximate surface area is 197 Å². The first kappa shape index (κ1) is 24.8. The van der Waals surface area contributed by atoms with E-state index >= 15 is 0 Å². The van der Waals surface area contributed by atoms with Gasteiger partial charge in [-0.05, 0) is 60.9 Å².